The minimum Gasteiger partial charge on any atom is -0.469 e. The van der Waals surface area contributed by atoms with Gasteiger partial charge in [-0.15, -0.1) is 0 Å². The molecule has 2 rings (SSSR count). The van der Waals surface area contributed by atoms with Crippen LogP contribution in [0.2, 0.25) is 0 Å². The maximum absolute atomic E-state index is 13.0. The normalized spacial score (nSPS) is 10.3. The van der Waals surface area contributed by atoms with E-state index in [0.29, 0.717) is 12.1 Å². The molecule has 0 aliphatic carbocycles. The molecule has 0 unspecified atom stereocenters. The number of nitrogen functional groups attached to an aromatic ring is 1. The highest BCUT2D eigenvalue weighted by Crippen LogP contribution is 2.16. The summed E-state index contributed by atoms with van der Waals surface area (Å²) in [5, 5.41) is 2.59. The third-order valence-corrected chi connectivity index (χ3v) is 2.38. The first kappa shape index (κ1) is 12.2. The van der Waals surface area contributed by atoms with E-state index in [9.17, 15) is 9.18 Å². The van der Waals surface area contributed by atoms with Crippen molar-refractivity contribution in [2.75, 3.05) is 11.1 Å². The predicted molar refractivity (Wildman–Crippen MR) is 66.5 cm³/mol. The van der Waals surface area contributed by atoms with Gasteiger partial charge in [0.1, 0.15) is 11.6 Å². The van der Waals surface area contributed by atoms with E-state index in [2.05, 4.69) is 5.32 Å². The standard InChI is InChI=1S/C13H13FN2O2/c14-9-6-10(15)8-11(7-9)16-13(17)4-3-12-2-1-5-18-12/h1-2,5-8H,3-4,15H2,(H,16,17). The van der Waals surface area contributed by atoms with Gasteiger partial charge in [-0.1, -0.05) is 0 Å². The highest BCUT2D eigenvalue weighted by atomic mass is 19.1. The summed E-state index contributed by atoms with van der Waals surface area (Å²) >= 11 is 0. The van der Waals surface area contributed by atoms with Gasteiger partial charge in [0.15, 0.2) is 0 Å². The van der Waals surface area contributed by atoms with E-state index < -0.39 is 5.82 Å². The maximum atomic E-state index is 13.0. The molecular weight excluding hydrogens is 235 g/mol. The molecule has 0 bridgehead atoms. The Morgan fingerprint density at radius 2 is 2.22 bits per heavy atom. The van der Waals surface area contributed by atoms with Gasteiger partial charge in [-0.05, 0) is 30.3 Å². The molecule has 3 N–H and O–H groups in total. The van der Waals surface area contributed by atoms with E-state index in [1.54, 1.807) is 18.4 Å². The molecule has 0 saturated carbocycles. The first-order valence-corrected chi connectivity index (χ1v) is 5.52. The zero-order chi connectivity index (χ0) is 13.0. The average Bonchev–Trinajstić information content (AvgIpc) is 2.77. The molecule has 1 amide bonds. The Hall–Kier alpha value is -2.30. The minimum atomic E-state index is -0.476. The number of amides is 1. The van der Waals surface area contributed by atoms with Gasteiger partial charge in [-0.25, -0.2) is 4.39 Å². The highest BCUT2D eigenvalue weighted by Gasteiger charge is 2.06. The molecule has 0 atom stereocenters. The van der Waals surface area contributed by atoms with Gasteiger partial charge in [0.2, 0.25) is 5.91 Å². The van der Waals surface area contributed by atoms with Crippen LogP contribution in [0, 0.1) is 5.82 Å². The second-order valence-corrected chi connectivity index (χ2v) is 3.90. The lowest BCUT2D eigenvalue weighted by atomic mass is 10.2. The van der Waals surface area contributed by atoms with Crippen LogP contribution in [-0.4, -0.2) is 5.91 Å². The quantitative estimate of drug-likeness (QED) is 0.817. The van der Waals surface area contributed by atoms with E-state index >= 15 is 0 Å². The Morgan fingerprint density at radius 3 is 2.89 bits per heavy atom. The molecule has 0 fully saturated rings. The fraction of sp³-hybridized carbons (Fsp3) is 0.154. The van der Waals surface area contributed by atoms with Crippen molar-refractivity contribution in [3.05, 3.63) is 48.2 Å². The summed E-state index contributed by atoms with van der Waals surface area (Å²) in [6.07, 6.45) is 2.33. The molecule has 0 spiro atoms. The zero-order valence-electron chi connectivity index (χ0n) is 9.65. The van der Waals surface area contributed by atoms with Gasteiger partial charge in [0, 0.05) is 24.2 Å². The lowest BCUT2D eigenvalue weighted by Gasteiger charge is -2.05. The van der Waals surface area contributed by atoms with Crippen molar-refractivity contribution in [2.45, 2.75) is 12.8 Å². The zero-order valence-corrected chi connectivity index (χ0v) is 9.65. The number of halogens is 1. The number of carbonyl (C=O) groups is 1. The van der Waals surface area contributed by atoms with E-state index in [1.165, 1.54) is 18.2 Å². The second kappa shape index (κ2) is 5.35. The Morgan fingerprint density at radius 1 is 1.39 bits per heavy atom. The predicted octanol–water partition coefficient (Wildman–Crippen LogP) is 2.57. The molecular formula is C13H13FN2O2. The van der Waals surface area contributed by atoms with Gasteiger partial charge in [-0.2, -0.15) is 0 Å². The van der Waals surface area contributed by atoms with E-state index in [0.717, 1.165) is 5.76 Å². The first-order valence-electron chi connectivity index (χ1n) is 5.52. The lowest BCUT2D eigenvalue weighted by Crippen LogP contribution is -2.12. The van der Waals surface area contributed by atoms with Crippen LogP contribution in [0.5, 0.6) is 0 Å². The van der Waals surface area contributed by atoms with E-state index in [-0.39, 0.29) is 18.0 Å². The number of nitrogens with one attached hydrogen (secondary N) is 1. The summed E-state index contributed by atoms with van der Waals surface area (Å²) in [5.41, 5.74) is 6.11. The van der Waals surface area contributed by atoms with Crippen LogP contribution in [0.4, 0.5) is 15.8 Å². The molecule has 5 heteroatoms. The number of anilines is 2. The first-order chi connectivity index (χ1) is 8.63. The SMILES string of the molecule is Nc1cc(F)cc(NC(=O)CCc2ccco2)c1. The minimum absolute atomic E-state index is 0.212. The van der Waals surface area contributed by atoms with Gasteiger partial charge in [-0.3, -0.25) is 4.79 Å². The molecule has 0 saturated heterocycles. The number of aryl methyl sites for hydroxylation is 1. The summed E-state index contributed by atoms with van der Waals surface area (Å²) in [6, 6.07) is 7.49. The van der Waals surface area contributed by atoms with E-state index in [1.807, 2.05) is 0 Å². The highest BCUT2D eigenvalue weighted by molar-refractivity contribution is 5.91. The number of nitrogens with two attached hydrogens (primary N) is 1. The van der Waals surface area contributed by atoms with Crippen molar-refractivity contribution in [1.29, 1.82) is 0 Å². The Labute approximate surface area is 104 Å². The molecule has 0 aliphatic heterocycles. The third kappa shape index (κ3) is 3.35. The van der Waals surface area contributed by atoms with Crippen LogP contribution in [0.15, 0.2) is 41.0 Å². The summed E-state index contributed by atoms with van der Waals surface area (Å²) in [6.45, 7) is 0. The number of rotatable bonds is 4. The van der Waals surface area contributed by atoms with Gasteiger partial charge < -0.3 is 15.5 Å². The van der Waals surface area contributed by atoms with Crippen molar-refractivity contribution in [2.24, 2.45) is 0 Å². The Balaban J connectivity index is 1.90. The fourth-order valence-electron chi connectivity index (χ4n) is 1.60. The van der Waals surface area contributed by atoms with Gasteiger partial charge >= 0.3 is 0 Å². The van der Waals surface area contributed by atoms with Gasteiger partial charge in [0.25, 0.3) is 0 Å². The molecule has 1 heterocycles. The molecule has 1 aromatic heterocycles. The van der Waals surface area contributed by atoms with Crippen LogP contribution < -0.4 is 11.1 Å². The van der Waals surface area contributed by atoms with Crippen molar-refractivity contribution >= 4 is 17.3 Å². The molecule has 1 aromatic carbocycles. The molecule has 4 nitrogen and oxygen atoms in total. The number of benzene rings is 1. The maximum Gasteiger partial charge on any atom is 0.224 e. The Kier molecular flexibility index (Phi) is 3.62. The summed E-state index contributed by atoms with van der Waals surface area (Å²) in [7, 11) is 0. The topological polar surface area (TPSA) is 68.3 Å². The summed E-state index contributed by atoms with van der Waals surface area (Å²) in [5.74, 6) is 0.0524. The molecule has 0 radical (unpaired) electrons. The molecule has 94 valence electrons. The second-order valence-electron chi connectivity index (χ2n) is 3.90. The summed E-state index contributed by atoms with van der Waals surface area (Å²) in [4.78, 5) is 11.6. The van der Waals surface area contributed by atoms with Crippen LogP contribution in [-0.2, 0) is 11.2 Å². The number of carbonyl (C=O) groups excluding carboxylic acids is 1. The molecule has 0 aliphatic rings. The van der Waals surface area contributed by atoms with E-state index in [4.69, 9.17) is 10.2 Å². The van der Waals surface area contributed by atoms with Crippen LogP contribution in [0.3, 0.4) is 0 Å². The third-order valence-electron chi connectivity index (χ3n) is 2.38. The number of hydrogen-bond acceptors (Lipinski definition) is 3. The molecule has 2 aromatic rings. The fourth-order valence-corrected chi connectivity index (χ4v) is 1.60. The number of furan rings is 1. The average molecular weight is 248 g/mol. The monoisotopic (exact) mass is 248 g/mol. The van der Waals surface area contributed by atoms with Crippen molar-refractivity contribution in [3.63, 3.8) is 0 Å². The number of hydrogen-bond donors (Lipinski definition) is 2. The van der Waals surface area contributed by atoms with Crippen molar-refractivity contribution in [1.82, 2.24) is 0 Å². The largest absolute Gasteiger partial charge is 0.469 e. The van der Waals surface area contributed by atoms with Gasteiger partial charge in [0.05, 0.1) is 6.26 Å². The smallest absolute Gasteiger partial charge is 0.224 e. The van der Waals surface area contributed by atoms with Crippen LogP contribution >= 0.6 is 0 Å². The van der Waals surface area contributed by atoms with Crippen LogP contribution in [0.1, 0.15) is 12.2 Å². The summed E-state index contributed by atoms with van der Waals surface area (Å²) < 4.78 is 18.2. The van der Waals surface area contributed by atoms with Crippen molar-refractivity contribution < 1.29 is 13.6 Å². The van der Waals surface area contributed by atoms with Crippen molar-refractivity contribution in [3.8, 4) is 0 Å². The molecule has 18 heavy (non-hydrogen) atoms. The lowest BCUT2D eigenvalue weighted by molar-refractivity contribution is -0.116. The van der Waals surface area contributed by atoms with Crippen LogP contribution in [0.25, 0.3) is 0 Å². The Bertz CT molecular complexity index is 518.